The molecule has 0 bridgehead atoms. The van der Waals surface area contributed by atoms with Gasteiger partial charge < -0.3 is 10.8 Å². The summed E-state index contributed by atoms with van der Waals surface area (Å²) in [5.41, 5.74) is 5.42. The zero-order valence-corrected chi connectivity index (χ0v) is 9.03. The molecule has 4 heteroatoms. The number of nitrogens with one attached hydrogen (secondary N) is 1. The van der Waals surface area contributed by atoms with Crippen LogP contribution in [0, 0.1) is 17.2 Å². The maximum Gasteiger partial charge on any atom is 0.0947 e. The number of piperidine rings is 1. The highest BCUT2D eigenvalue weighted by Gasteiger charge is 2.24. The second-order valence-corrected chi connectivity index (χ2v) is 4.57. The van der Waals surface area contributed by atoms with Crippen LogP contribution in [0.1, 0.15) is 20.3 Å². The van der Waals surface area contributed by atoms with Crippen LogP contribution < -0.4 is 5.73 Å². The lowest BCUT2D eigenvalue weighted by Crippen LogP contribution is -2.45. The molecule has 0 aromatic heterocycles. The summed E-state index contributed by atoms with van der Waals surface area (Å²) >= 11 is 0. The summed E-state index contributed by atoms with van der Waals surface area (Å²) in [6.45, 7) is 6.62. The molecule has 0 spiro atoms. The fourth-order valence-electron chi connectivity index (χ4n) is 2.06. The minimum Gasteiger partial charge on any atom is -0.392 e. The van der Waals surface area contributed by atoms with Crippen molar-refractivity contribution >= 4 is 5.84 Å². The van der Waals surface area contributed by atoms with E-state index in [4.69, 9.17) is 11.1 Å². The number of likely N-dealkylation sites (tertiary alicyclic amines) is 1. The first-order chi connectivity index (χ1) is 6.49. The molecular formula is C10H21N3O. The molecule has 4 nitrogen and oxygen atoms in total. The van der Waals surface area contributed by atoms with Crippen molar-refractivity contribution in [3.05, 3.63) is 0 Å². The van der Waals surface area contributed by atoms with Crippen molar-refractivity contribution in [2.75, 3.05) is 19.6 Å². The Hall–Kier alpha value is -0.610. The molecule has 3 atom stereocenters. The maximum absolute atomic E-state index is 9.57. The van der Waals surface area contributed by atoms with Gasteiger partial charge in [0.1, 0.15) is 0 Å². The van der Waals surface area contributed by atoms with Crippen molar-refractivity contribution in [2.45, 2.75) is 26.4 Å². The summed E-state index contributed by atoms with van der Waals surface area (Å²) in [7, 11) is 0. The number of aliphatic hydroxyl groups excluding tert-OH is 1. The van der Waals surface area contributed by atoms with Crippen LogP contribution in [0.5, 0.6) is 0 Å². The molecule has 0 aromatic carbocycles. The molecule has 1 fully saturated rings. The molecule has 0 saturated carbocycles. The van der Waals surface area contributed by atoms with Crippen molar-refractivity contribution < 1.29 is 5.11 Å². The van der Waals surface area contributed by atoms with Crippen LogP contribution in [0.3, 0.4) is 0 Å². The van der Waals surface area contributed by atoms with E-state index in [-0.39, 0.29) is 17.9 Å². The van der Waals surface area contributed by atoms with Crippen molar-refractivity contribution in [1.29, 1.82) is 5.41 Å². The highest BCUT2D eigenvalue weighted by Crippen LogP contribution is 2.17. The monoisotopic (exact) mass is 199 g/mol. The number of nitrogens with two attached hydrogens (primary N) is 1. The number of hydrogen-bond acceptors (Lipinski definition) is 3. The van der Waals surface area contributed by atoms with E-state index in [0.29, 0.717) is 5.92 Å². The highest BCUT2D eigenvalue weighted by atomic mass is 16.3. The Labute approximate surface area is 85.6 Å². The van der Waals surface area contributed by atoms with E-state index in [1.807, 2.05) is 6.92 Å². The third-order valence-electron chi connectivity index (χ3n) is 2.78. The smallest absolute Gasteiger partial charge is 0.0947 e. The summed E-state index contributed by atoms with van der Waals surface area (Å²) in [5, 5.41) is 16.9. The first kappa shape index (κ1) is 11.5. The standard InChI is InChI=1S/C10H21N3O/c1-7-3-9(14)6-13(4-7)5-8(2)10(11)12/h7-9,14H,3-6H2,1-2H3,(H3,11,12). The Morgan fingerprint density at radius 2 is 2.29 bits per heavy atom. The molecule has 1 saturated heterocycles. The zero-order chi connectivity index (χ0) is 10.7. The number of rotatable bonds is 3. The lowest BCUT2D eigenvalue weighted by atomic mass is 9.97. The van der Waals surface area contributed by atoms with E-state index in [2.05, 4.69) is 11.8 Å². The summed E-state index contributed by atoms with van der Waals surface area (Å²) in [4.78, 5) is 2.20. The van der Waals surface area contributed by atoms with Crippen LogP contribution >= 0.6 is 0 Å². The van der Waals surface area contributed by atoms with Gasteiger partial charge in [-0.3, -0.25) is 10.3 Å². The van der Waals surface area contributed by atoms with Crippen LogP contribution in [0.25, 0.3) is 0 Å². The zero-order valence-electron chi connectivity index (χ0n) is 9.03. The van der Waals surface area contributed by atoms with Gasteiger partial charge in [-0.25, -0.2) is 0 Å². The number of nitrogens with zero attached hydrogens (tertiary/aromatic N) is 1. The Morgan fingerprint density at radius 3 is 2.79 bits per heavy atom. The largest absolute Gasteiger partial charge is 0.392 e. The van der Waals surface area contributed by atoms with E-state index in [9.17, 15) is 5.11 Å². The second kappa shape index (κ2) is 4.75. The maximum atomic E-state index is 9.57. The lowest BCUT2D eigenvalue weighted by molar-refractivity contribution is 0.0418. The van der Waals surface area contributed by atoms with Crippen LogP contribution in [0.2, 0.25) is 0 Å². The van der Waals surface area contributed by atoms with Gasteiger partial charge in [0.05, 0.1) is 11.9 Å². The normalized spacial score (nSPS) is 31.4. The molecule has 4 N–H and O–H groups in total. The molecule has 1 aliphatic heterocycles. The van der Waals surface area contributed by atoms with Crippen LogP contribution in [0.4, 0.5) is 0 Å². The van der Waals surface area contributed by atoms with Gasteiger partial charge in [0, 0.05) is 25.6 Å². The molecule has 14 heavy (non-hydrogen) atoms. The first-order valence-electron chi connectivity index (χ1n) is 5.23. The van der Waals surface area contributed by atoms with Gasteiger partial charge in [-0.1, -0.05) is 13.8 Å². The van der Waals surface area contributed by atoms with Gasteiger partial charge in [-0.2, -0.15) is 0 Å². The fraction of sp³-hybridized carbons (Fsp3) is 0.900. The average molecular weight is 199 g/mol. The quantitative estimate of drug-likeness (QED) is 0.451. The predicted octanol–water partition coefficient (Wildman–Crippen LogP) is 0.261. The highest BCUT2D eigenvalue weighted by molar-refractivity contribution is 5.79. The molecule has 1 aliphatic rings. The van der Waals surface area contributed by atoms with Gasteiger partial charge in [0.2, 0.25) is 0 Å². The molecule has 1 rings (SSSR count). The van der Waals surface area contributed by atoms with Crippen LogP contribution in [-0.4, -0.2) is 41.6 Å². The molecule has 1 heterocycles. The minimum atomic E-state index is -0.210. The summed E-state index contributed by atoms with van der Waals surface area (Å²) in [6.07, 6.45) is 0.684. The third kappa shape index (κ3) is 3.27. The van der Waals surface area contributed by atoms with Gasteiger partial charge in [0.15, 0.2) is 0 Å². The predicted molar refractivity (Wildman–Crippen MR) is 57.3 cm³/mol. The number of β-amino-alcohol motifs (C(OH)–C–C–N with tert-alkyl or cyclic N) is 1. The topological polar surface area (TPSA) is 73.3 Å². The number of aliphatic hydroxyl groups is 1. The number of hydrogen-bond donors (Lipinski definition) is 3. The summed E-state index contributed by atoms with van der Waals surface area (Å²) < 4.78 is 0. The van der Waals surface area contributed by atoms with Gasteiger partial charge in [-0.15, -0.1) is 0 Å². The lowest BCUT2D eigenvalue weighted by Gasteiger charge is -2.35. The third-order valence-corrected chi connectivity index (χ3v) is 2.78. The summed E-state index contributed by atoms with van der Waals surface area (Å²) in [6, 6.07) is 0. The van der Waals surface area contributed by atoms with Crippen molar-refractivity contribution in [2.24, 2.45) is 17.6 Å². The van der Waals surface area contributed by atoms with Crippen molar-refractivity contribution in [3.63, 3.8) is 0 Å². The van der Waals surface area contributed by atoms with E-state index in [1.165, 1.54) is 0 Å². The Balaban J connectivity index is 2.40. The van der Waals surface area contributed by atoms with Crippen molar-refractivity contribution in [3.8, 4) is 0 Å². The molecular weight excluding hydrogens is 178 g/mol. The Kier molecular flexibility index (Phi) is 3.89. The van der Waals surface area contributed by atoms with Gasteiger partial charge >= 0.3 is 0 Å². The van der Waals surface area contributed by atoms with E-state index in [0.717, 1.165) is 26.1 Å². The Morgan fingerprint density at radius 1 is 1.64 bits per heavy atom. The van der Waals surface area contributed by atoms with Crippen LogP contribution in [0.15, 0.2) is 0 Å². The average Bonchev–Trinajstić information content (AvgIpc) is 2.01. The summed E-state index contributed by atoms with van der Waals surface area (Å²) in [5.74, 6) is 0.864. The first-order valence-corrected chi connectivity index (χ1v) is 5.23. The minimum absolute atomic E-state index is 0.0903. The number of amidine groups is 1. The van der Waals surface area contributed by atoms with E-state index in [1.54, 1.807) is 0 Å². The molecule has 3 unspecified atom stereocenters. The molecule has 0 radical (unpaired) electrons. The SMILES string of the molecule is CC1CC(O)CN(CC(C)C(=N)N)C1. The van der Waals surface area contributed by atoms with Gasteiger partial charge in [-0.05, 0) is 12.3 Å². The van der Waals surface area contributed by atoms with Crippen LogP contribution in [-0.2, 0) is 0 Å². The fourth-order valence-corrected chi connectivity index (χ4v) is 2.06. The van der Waals surface area contributed by atoms with E-state index < -0.39 is 0 Å². The molecule has 0 aromatic rings. The molecule has 0 amide bonds. The van der Waals surface area contributed by atoms with Crippen molar-refractivity contribution in [1.82, 2.24) is 4.90 Å². The van der Waals surface area contributed by atoms with Gasteiger partial charge in [0.25, 0.3) is 0 Å². The molecule has 0 aliphatic carbocycles. The molecule has 82 valence electrons. The second-order valence-electron chi connectivity index (χ2n) is 4.57. The van der Waals surface area contributed by atoms with E-state index >= 15 is 0 Å². The Bertz CT molecular complexity index is 198.